The van der Waals surface area contributed by atoms with Gasteiger partial charge in [-0.3, -0.25) is 4.90 Å². The monoisotopic (exact) mass is 198 g/mol. The lowest BCUT2D eigenvalue weighted by Crippen LogP contribution is -2.27. The molecule has 1 atom stereocenters. The van der Waals surface area contributed by atoms with E-state index in [4.69, 9.17) is 10.5 Å². The molecule has 1 unspecified atom stereocenters. The number of halogens is 1. The molecule has 0 aliphatic heterocycles. The standard InChI is InChI=1S/C10H15FN2O/c1-13(2)10(12)7-4-5-9(14-3)8(11)6-7/h4-6,10H,12H2,1-3H3. The van der Waals surface area contributed by atoms with Gasteiger partial charge in [-0.05, 0) is 31.8 Å². The first kappa shape index (κ1) is 10.9. The van der Waals surface area contributed by atoms with Gasteiger partial charge in [-0.15, -0.1) is 0 Å². The number of rotatable bonds is 3. The molecule has 0 spiro atoms. The lowest BCUT2D eigenvalue weighted by molar-refractivity contribution is 0.305. The Bertz CT molecular complexity index is 315. The van der Waals surface area contributed by atoms with Crippen molar-refractivity contribution >= 4 is 0 Å². The van der Waals surface area contributed by atoms with Crippen molar-refractivity contribution in [1.82, 2.24) is 4.90 Å². The Morgan fingerprint density at radius 2 is 2.07 bits per heavy atom. The summed E-state index contributed by atoms with van der Waals surface area (Å²) in [6, 6.07) is 4.73. The molecule has 0 saturated heterocycles. The van der Waals surface area contributed by atoms with Crippen molar-refractivity contribution in [2.24, 2.45) is 5.73 Å². The largest absolute Gasteiger partial charge is 0.494 e. The first-order chi connectivity index (χ1) is 6.56. The molecule has 0 amide bonds. The molecule has 0 aliphatic rings. The third-order valence-corrected chi connectivity index (χ3v) is 2.07. The highest BCUT2D eigenvalue weighted by Crippen LogP contribution is 2.21. The number of hydrogen-bond donors (Lipinski definition) is 1. The number of ether oxygens (including phenoxy) is 1. The van der Waals surface area contributed by atoms with Crippen LogP contribution in [0.25, 0.3) is 0 Å². The van der Waals surface area contributed by atoms with Gasteiger partial charge in [-0.25, -0.2) is 4.39 Å². The second-order valence-corrected chi connectivity index (χ2v) is 3.30. The molecule has 0 bridgehead atoms. The Hall–Kier alpha value is -1.13. The van der Waals surface area contributed by atoms with Gasteiger partial charge < -0.3 is 10.5 Å². The summed E-state index contributed by atoms with van der Waals surface area (Å²) in [4.78, 5) is 1.81. The summed E-state index contributed by atoms with van der Waals surface area (Å²) in [6.07, 6.45) is -0.296. The molecule has 78 valence electrons. The average Bonchev–Trinajstić information content (AvgIpc) is 2.16. The summed E-state index contributed by atoms with van der Waals surface area (Å²) in [5.41, 5.74) is 6.55. The Kier molecular flexibility index (Phi) is 3.43. The van der Waals surface area contributed by atoms with Crippen molar-refractivity contribution in [2.45, 2.75) is 6.17 Å². The van der Waals surface area contributed by atoms with Crippen LogP contribution in [-0.2, 0) is 0 Å². The molecule has 0 aromatic heterocycles. The van der Waals surface area contributed by atoms with Gasteiger partial charge in [0.1, 0.15) is 0 Å². The number of benzene rings is 1. The molecular weight excluding hydrogens is 183 g/mol. The molecule has 2 N–H and O–H groups in total. The zero-order valence-electron chi connectivity index (χ0n) is 8.62. The zero-order chi connectivity index (χ0) is 10.7. The zero-order valence-corrected chi connectivity index (χ0v) is 8.62. The van der Waals surface area contributed by atoms with Crippen LogP contribution in [0.2, 0.25) is 0 Å². The maximum absolute atomic E-state index is 13.3. The second-order valence-electron chi connectivity index (χ2n) is 3.30. The normalized spacial score (nSPS) is 13.0. The predicted molar refractivity (Wildman–Crippen MR) is 53.6 cm³/mol. The van der Waals surface area contributed by atoms with E-state index in [0.717, 1.165) is 5.56 Å². The summed E-state index contributed by atoms with van der Waals surface area (Å²) in [5, 5.41) is 0. The minimum atomic E-state index is -0.387. The molecule has 4 heteroatoms. The molecular formula is C10H15FN2O. The van der Waals surface area contributed by atoms with Crippen LogP contribution >= 0.6 is 0 Å². The van der Waals surface area contributed by atoms with E-state index < -0.39 is 0 Å². The smallest absolute Gasteiger partial charge is 0.165 e. The molecule has 14 heavy (non-hydrogen) atoms. The van der Waals surface area contributed by atoms with Crippen molar-refractivity contribution in [1.29, 1.82) is 0 Å². The molecule has 1 aromatic rings. The van der Waals surface area contributed by atoms with Crippen LogP contribution in [0.1, 0.15) is 11.7 Å². The van der Waals surface area contributed by atoms with Gasteiger partial charge in [0, 0.05) is 0 Å². The van der Waals surface area contributed by atoms with Crippen LogP contribution < -0.4 is 10.5 Å². The van der Waals surface area contributed by atoms with E-state index in [1.165, 1.54) is 13.2 Å². The Morgan fingerprint density at radius 1 is 1.43 bits per heavy atom. The van der Waals surface area contributed by atoms with Crippen LogP contribution in [0, 0.1) is 5.82 Å². The Morgan fingerprint density at radius 3 is 2.50 bits per heavy atom. The summed E-state index contributed by atoms with van der Waals surface area (Å²) in [6.45, 7) is 0. The van der Waals surface area contributed by atoms with Crippen molar-refractivity contribution in [3.05, 3.63) is 29.6 Å². The molecule has 0 radical (unpaired) electrons. The quantitative estimate of drug-likeness (QED) is 0.745. The third-order valence-electron chi connectivity index (χ3n) is 2.07. The number of nitrogens with two attached hydrogens (primary N) is 1. The van der Waals surface area contributed by atoms with E-state index in [1.807, 2.05) is 14.1 Å². The number of hydrogen-bond acceptors (Lipinski definition) is 3. The fourth-order valence-corrected chi connectivity index (χ4v) is 1.16. The van der Waals surface area contributed by atoms with E-state index in [-0.39, 0.29) is 17.7 Å². The van der Waals surface area contributed by atoms with Gasteiger partial charge in [-0.2, -0.15) is 0 Å². The van der Waals surface area contributed by atoms with Gasteiger partial charge in [0.05, 0.1) is 13.3 Å². The summed E-state index contributed by atoms with van der Waals surface area (Å²) < 4.78 is 18.1. The minimum Gasteiger partial charge on any atom is -0.494 e. The molecule has 0 saturated carbocycles. The van der Waals surface area contributed by atoms with E-state index in [0.29, 0.717) is 0 Å². The van der Waals surface area contributed by atoms with Crippen LogP contribution in [0.3, 0.4) is 0 Å². The van der Waals surface area contributed by atoms with Crippen molar-refractivity contribution in [3.63, 3.8) is 0 Å². The Labute approximate surface area is 83.3 Å². The molecule has 0 fully saturated rings. The van der Waals surface area contributed by atoms with E-state index >= 15 is 0 Å². The first-order valence-corrected chi connectivity index (χ1v) is 4.31. The van der Waals surface area contributed by atoms with Gasteiger partial charge in [0.15, 0.2) is 11.6 Å². The predicted octanol–water partition coefficient (Wildman–Crippen LogP) is 1.35. The maximum atomic E-state index is 13.3. The van der Waals surface area contributed by atoms with Crippen LogP contribution in [-0.4, -0.2) is 26.1 Å². The highest BCUT2D eigenvalue weighted by atomic mass is 19.1. The topological polar surface area (TPSA) is 38.5 Å². The first-order valence-electron chi connectivity index (χ1n) is 4.31. The summed E-state index contributed by atoms with van der Waals surface area (Å²) in [7, 11) is 5.11. The third kappa shape index (κ3) is 2.21. The van der Waals surface area contributed by atoms with Crippen molar-refractivity contribution in [2.75, 3.05) is 21.2 Å². The summed E-state index contributed by atoms with van der Waals surface area (Å²) in [5.74, 6) is -0.151. The lowest BCUT2D eigenvalue weighted by atomic mass is 10.1. The molecule has 0 aliphatic carbocycles. The summed E-state index contributed by atoms with van der Waals surface area (Å²) >= 11 is 0. The van der Waals surface area contributed by atoms with E-state index in [9.17, 15) is 4.39 Å². The average molecular weight is 198 g/mol. The van der Waals surface area contributed by atoms with Crippen LogP contribution in [0.15, 0.2) is 18.2 Å². The molecule has 1 rings (SSSR count). The van der Waals surface area contributed by atoms with Gasteiger partial charge in [-0.1, -0.05) is 6.07 Å². The fourth-order valence-electron chi connectivity index (χ4n) is 1.16. The van der Waals surface area contributed by atoms with E-state index in [2.05, 4.69) is 0 Å². The molecule has 1 aromatic carbocycles. The SMILES string of the molecule is COc1ccc(C(N)N(C)C)cc1F. The highest BCUT2D eigenvalue weighted by molar-refractivity contribution is 5.30. The molecule has 0 heterocycles. The Balaban J connectivity index is 2.96. The van der Waals surface area contributed by atoms with Crippen LogP contribution in [0.5, 0.6) is 5.75 Å². The minimum absolute atomic E-state index is 0.236. The van der Waals surface area contributed by atoms with Gasteiger partial charge >= 0.3 is 0 Å². The van der Waals surface area contributed by atoms with Crippen molar-refractivity contribution in [3.8, 4) is 5.75 Å². The molecule has 3 nitrogen and oxygen atoms in total. The van der Waals surface area contributed by atoms with Gasteiger partial charge in [0.25, 0.3) is 0 Å². The maximum Gasteiger partial charge on any atom is 0.165 e. The van der Waals surface area contributed by atoms with Gasteiger partial charge in [0.2, 0.25) is 0 Å². The van der Waals surface area contributed by atoms with Crippen LogP contribution in [0.4, 0.5) is 4.39 Å². The number of methoxy groups -OCH3 is 1. The fraction of sp³-hybridized carbons (Fsp3) is 0.400. The highest BCUT2D eigenvalue weighted by Gasteiger charge is 2.11. The van der Waals surface area contributed by atoms with E-state index in [1.54, 1.807) is 17.0 Å². The van der Waals surface area contributed by atoms with Crippen molar-refractivity contribution < 1.29 is 9.13 Å². The number of nitrogens with zero attached hydrogens (tertiary/aromatic N) is 1. The lowest BCUT2D eigenvalue weighted by Gasteiger charge is -2.20. The second kappa shape index (κ2) is 4.39.